The molecule has 2 bridgehead atoms. The van der Waals surface area contributed by atoms with Crippen molar-refractivity contribution in [2.75, 3.05) is 50.8 Å². The summed E-state index contributed by atoms with van der Waals surface area (Å²) >= 11 is 8.38. The molecule has 2 atom stereocenters. The maximum absolute atomic E-state index is 13.4. The number of carbonyl (C=O) groups is 5. The number of benzene rings is 1. The summed E-state index contributed by atoms with van der Waals surface area (Å²) in [6.07, 6.45) is 2.31. The number of nitrogen functional groups attached to an aromatic ring is 1. The fourth-order valence-corrected chi connectivity index (χ4v) is 9.02. The molecule has 1 aromatic heterocycles. The molecular weight excluding hydrogens is 718 g/mol. The maximum atomic E-state index is 13.4. The van der Waals surface area contributed by atoms with Gasteiger partial charge in [0.2, 0.25) is 6.61 Å². The number of nitrogens with one attached hydrogen (secondary N) is 2. The predicted octanol–water partition coefficient (Wildman–Crippen LogP) is -0.570. The van der Waals surface area contributed by atoms with Crippen molar-refractivity contribution in [3.05, 3.63) is 45.1 Å². The van der Waals surface area contributed by atoms with Gasteiger partial charge in [0.15, 0.2) is 22.3 Å². The normalized spacial score (nSPS) is 25.8. The number of anilines is 1. The van der Waals surface area contributed by atoms with Gasteiger partial charge < -0.3 is 50.9 Å². The number of amides is 3. The van der Waals surface area contributed by atoms with Crippen LogP contribution in [0.5, 0.6) is 11.5 Å². The molecule has 1 aromatic carbocycles. The molecule has 20 heteroatoms. The predicted molar refractivity (Wildman–Crippen MR) is 177 cm³/mol. The fourth-order valence-electron chi connectivity index (χ4n) is 6.89. The number of β-lactam (4-membered cyclic amide) rings is 1. The highest BCUT2D eigenvalue weighted by atomic mass is 35.5. The summed E-state index contributed by atoms with van der Waals surface area (Å²) < 4.78 is 0.625. The molecule has 4 fully saturated rings. The van der Waals surface area contributed by atoms with E-state index < -0.39 is 64.9 Å². The number of fused-ring (bicyclic) bond motifs is 4. The number of hydrogen-bond donors (Lipinski definition) is 6. The highest BCUT2D eigenvalue weighted by Gasteiger charge is 2.55. The molecular formula is C30H32ClN7O10S2. The van der Waals surface area contributed by atoms with Gasteiger partial charge in [-0.3, -0.25) is 19.3 Å². The average molecular weight is 750 g/mol. The third-order valence-corrected chi connectivity index (χ3v) is 12.1. The van der Waals surface area contributed by atoms with Crippen LogP contribution in [0.2, 0.25) is 5.02 Å². The number of carboxylic acid groups (broad SMARTS) is 2. The lowest BCUT2D eigenvalue weighted by molar-refractivity contribution is -0.941. The van der Waals surface area contributed by atoms with Crippen molar-refractivity contribution in [1.82, 2.24) is 20.5 Å². The molecule has 4 saturated heterocycles. The first kappa shape index (κ1) is 35.2. The Hall–Kier alpha value is -4.59. The molecule has 7 rings (SSSR count). The van der Waals surface area contributed by atoms with Gasteiger partial charge in [-0.15, -0.1) is 23.1 Å². The van der Waals surface area contributed by atoms with Gasteiger partial charge in [-0.2, -0.15) is 0 Å². The first-order chi connectivity index (χ1) is 23.7. The number of aromatic nitrogens is 1. The van der Waals surface area contributed by atoms with E-state index in [4.69, 9.17) is 27.3 Å². The van der Waals surface area contributed by atoms with Crippen LogP contribution in [-0.2, 0) is 24.0 Å². The number of quaternary nitrogens is 1. The monoisotopic (exact) mass is 749 g/mol. The average Bonchev–Trinajstić information content (AvgIpc) is 3.52. The lowest BCUT2D eigenvalue weighted by Gasteiger charge is -2.56. The quantitative estimate of drug-likeness (QED) is 0.0523. The Balaban J connectivity index is 1.10. The van der Waals surface area contributed by atoms with Gasteiger partial charge in [-0.25, -0.2) is 9.78 Å². The Morgan fingerprint density at radius 1 is 1.20 bits per heavy atom. The van der Waals surface area contributed by atoms with Crippen LogP contribution in [0.25, 0.3) is 0 Å². The van der Waals surface area contributed by atoms with Gasteiger partial charge in [-0.05, 0) is 12.1 Å². The van der Waals surface area contributed by atoms with E-state index in [1.54, 1.807) is 0 Å². The topological polar surface area (TPSA) is 257 Å². The van der Waals surface area contributed by atoms with E-state index in [9.17, 15) is 39.3 Å². The van der Waals surface area contributed by atoms with E-state index in [1.807, 2.05) is 0 Å². The third kappa shape index (κ3) is 6.64. The Labute approximate surface area is 297 Å². The number of rotatable bonds is 12. The number of carboxylic acids is 2. The Bertz CT molecular complexity index is 1820. The number of aromatic hydroxyl groups is 2. The van der Waals surface area contributed by atoms with Crippen molar-refractivity contribution in [2.45, 2.75) is 30.7 Å². The van der Waals surface area contributed by atoms with Gasteiger partial charge in [0.25, 0.3) is 17.7 Å². The second-order valence-electron chi connectivity index (χ2n) is 12.7. The number of carbonyl (C=O) groups excluding carboxylic acids is 4. The van der Waals surface area contributed by atoms with Gasteiger partial charge in [-0.1, -0.05) is 16.8 Å². The fraction of sp³-hybridized carbons (Fsp3) is 0.433. The molecule has 0 saturated carbocycles. The molecule has 0 unspecified atom stereocenters. The molecule has 266 valence electrons. The van der Waals surface area contributed by atoms with Gasteiger partial charge >= 0.3 is 5.97 Å². The van der Waals surface area contributed by atoms with E-state index in [1.165, 1.54) is 29.3 Å². The molecule has 0 radical (unpaired) electrons. The zero-order valence-electron chi connectivity index (χ0n) is 26.2. The molecule has 50 heavy (non-hydrogen) atoms. The number of phenolic OH excluding ortho intramolecular Hbond substituents is 2. The summed E-state index contributed by atoms with van der Waals surface area (Å²) in [5, 5.41) is 50.5. The number of phenols is 2. The minimum absolute atomic E-state index is 0.0123. The number of hydrogen-bond acceptors (Lipinski definition) is 14. The highest BCUT2D eigenvalue weighted by Crippen LogP contribution is 2.46. The summed E-state index contributed by atoms with van der Waals surface area (Å²) in [6, 6.07) is 1.44. The van der Waals surface area contributed by atoms with Crippen molar-refractivity contribution in [3.63, 3.8) is 0 Å². The van der Waals surface area contributed by atoms with E-state index in [-0.39, 0.29) is 38.3 Å². The number of piperidine rings is 3. The number of nitrogens with two attached hydrogens (primary N) is 1. The standard InChI is InChI=1S/C30H32ClN7O10S2/c31-19-15(1-2-17(39)23(19)42)24(43)33-13-30-3-6-38(7-4-30,8-5-30)9-14-11-49-27-21(26(45)37(27)22(14)28(46)47)35-25(44)20(36-48-10-18(40)41)16-12-50-29(32)34-16/h1-2,12,21,27H,3-11,13H2,(H7-,32,33,34,35,36,39,40,41,42,43,44,46,47)/t21-,27+,30?,38?/m0/s1. The van der Waals surface area contributed by atoms with Crippen LogP contribution < -0.4 is 21.5 Å². The largest absolute Gasteiger partial charge is 0.543 e. The minimum atomic E-state index is -1.49. The summed E-state index contributed by atoms with van der Waals surface area (Å²) in [4.78, 5) is 72.6. The second-order valence-corrected chi connectivity index (χ2v) is 15.0. The number of aliphatic carboxylic acids is 2. The number of oxime groups is 1. The van der Waals surface area contributed by atoms with Crippen LogP contribution in [0.3, 0.4) is 0 Å². The molecule has 2 aromatic rings. The lowest BCUT2D eigenvalue weighted by atomic mass is 9.70. The smallest absolute Gasteiger partial charge is 0.344 e. The molecule has 17 nitrogen and oxygen atoms in total. The number of thioether (sulfide) groups is 1. The molecule has 3 amide bonds. The van der Waals surface area contributed by atoms with Gasteiger partial charge in [0, 0.05) is 47.9 Å². The molecule has 7 N–H and O–H groups in total. The summed E-state index contributed by atoms with van der Waals surface area (Å²) in [6.45, 7) is 2.15. The lowest BCUT2D eigenvalue weighted by Crippen LogP contribution is -2.72. The highest BCUT2D eigenvalue weighted by molar-refractivity contribution is 8.00. The summed E-state index contributed by atoms with van der Waals surface area (Å²) in [7, 11) is 0. The van der Waals surface area contributed by atoms with Crippen LogP contribution in [0.15, 0.2) is 33.9 Å². The van der Waals surface area contributed by atoms with Crippen LogP contribution in [0, 0.1) is 5.41 Å². The van der Waals surface area contributed by atoms with Gasteiger partial charge in [0.05, 0.1) is 41.9 Å². The van der Waals surface area contributed by atoms with E-state index in [0.29, 0.717) is 23.1 Å². The SMILES string of the molecule is Nc1nc(/C(=N/OCC(=O)O)C(=O)N[C@H]2C(=O)N3C(C(=O)[O-])=C(C[N+]45CCC(CNC(=O)c6ccc(O)c(O)c6Cl)(CC4)CC5)CS[C@H]23)cs1. The maximum Gasteiger partial charge on any atom is 0.344 e. The van der Waals surface area contributed by atoms with Crippen molar-refractivity contribution in [2.24, 2.45) is 10.6 Å². The van der Waals surface area contributed by atoms with E-state index >= 15 is 0 Å². The van der Waals surface area contributed by atoms with Crippen LogP contribution in [0.1, 0.15) is 35.3 Å². The number of thiazole rings is 1. The van der Waals surface area contributed by atoms with Gasteiger partial charge in [0.1, 0.15) is 23.7 Å². The number of nitrogens with zero attached hydrogens (tertiary/aromatic N) is 4. The Morgan fingerprint density at radius 3 is 2.52 bits per heavy atom. The minimum Gasteiger partial charge on any atom is -0.543 e. The first-order valence-corrected chi connectivity index (χ1v) is 17.7. The summed E-state index contributed by atoms with van der Waals surface area (Å²) in [5.74, 6) is -5.51. The van der Waals surface area contributed by atoms with Crippen molar-refractivity contribution < 1.29 is 53.7 Å². The molecule has 0 aliphatic carbocycles. The Morgan fingerprint density at radius 2 is 1.90 bits per heavy atom. The van der Waals surface area contributed by atoms with E-state index in [2.05, 4.69) is 20.8 Å². The van der Waals surface area contributed by atoms with Crippen molar-refractivity contribution >= 4 is 75.2 Å². The van der Waals surface area contributed by atoms with E-state index in [0.717, 1.165) is 55.1 Å². The Kier molecular flexibility index (Phi) is 9.59. The second kappa shape index (κ2) is 13.6. The van der Waals surface area contributed by atoms with Crippen molar-refractivity contribution in [1.29, 1.82) is 0 Å². The van der Waals surface area contributed by atoms with Crippen molar-refractivity contribution in [3.8, 4) is 11.5 Å². The third-order valence-electron chi connectivity index (χ3n) is 9.69. The zero-order chi connectivity index (χ0) is 36.0. The first-order valence-electron chi connectivity index (χ1n) is 15.4. The molecule has 6 heterocycles. The van der Waals surface area contributed by atoms with Crippen LogP contribution >= 0.6 is 34.7 Å². The van der Waals surface area contributed by atoms with Crippen LogP contribution in [0.4, 0.5) is 5.13 Å². The summed E-state index contributed by atoms with van der Waals surface area (Å²) in [5.41, 5.74) is 5.54. The molecule has 0 spiro atoms. The van der Waals surface area contributed by atoms with Crippen LogP contribution in [-0.4, -0.2) is 122 Å². The molecule has 5 aliphatic rings. The molecule has 5 aliphatic heterocycles. The number of halogens is 1. The zero-order valence-corrected chi connectivity index (χ0v) is 28.6.